The molecule has 0 spiro atoms. The largest absolute Gasteiger partial charge is 0.366 e. The summed E-state index contributed by atoms with van der Waals surface area (Å²) in [5.74, 6) is -0.0602. The van der Waals surface area contributed by atoms with E-state index in [4.69, 9.17) is 11.6 Å². The molecule has 0 aliphatic heterocycles. The van der Waals surface area contributed by atoms with Crippen LogP contribution >= 0.6 is 11.6 Å². The van der Waals surface area contributed by atoms with Gasteiger partial charge in [0.05, 0.1) is 0 Å². The van der Waals surface area contributed by atoms with E-state index >= 15 is 0 Å². The normalized spacial score (nSPS) is 14.2. The Balaban J connectivity index is 1.74. The van der Waals surface area contributed by atoms with Crippen LogP contribution in [-0.4, -0.2) is 16.6 Å². The predicted molar refractivity (Wildman–Crippen MR) is 112 cm³/mol. The first-order chi connectivity index (χ1) is 13.5. The summed E-state index contributed by atoms with van der Waals surface area (Å²) in [5.41, 5.74) is 2.05. The summed E-state index contributed by atoms with van der Waals surface area (Å²) in [6.07, 6.45) is 4.38. The van der Waals surface area contributed by atoms with Crippen molar-refractivity contribution in [3.63, 3.8) is 0 Å². The Hall–Kier alpha value is -3.44. The number of anilines is 2. The molecule has 0 amide bonds. The number of ketones is 2. The van der Waals surface area contributed by atoms with Gasteiger partial charge in [-0.15, -0.1) is 0 Å². The highest BCUT2D eigenvalue weighted by Crippen LogP contribution is 2.29. The van der Waals surface area contributed by atoms with E-state index in [2.05, 4.69) is 28.8 Å². The van der Waals surface area contributed by atoms with Crippen molar-refractivity contribution in [2.24, 2.45) is 0 Å². The number of hydrogen-bond acceptors (Lipinski definition) is 5. The third-order valence-electron chi connectivity index (χ3n) is 4.20. The van der Waals surface area contributed by atoms with Crippen LogP contribution in [0.25, 0.3) is 0 Å². The van der Waals surface area contributed by atoms with Crippen molar-refractivity contribution in [3.8, 4) is 0 Å². The zero-order valence-corrected chi connectivity index (χ0v) is 15.8. The van der Waals surface area contributed by atoms with Crippen molar-refractivity contribution in [1.82, 2.24) is 4.98 Å². The fourth-order valence-electron chi connectivity index (χ4n) is 2.74. The van der Waals surface area contributed by atoms with E-state index in [0.29, 0.717) is 12.2 Å². The number of rotatable bonds is 7. The van der Waals surface area contributed by atoms with Crippen LogP contribution in [0, 0.1) is 0 Å². The molecule has 1 heterocycles. The van der Waals surface area contributed by atoms with Crippen LogP contribution in [-0.2, 0) is 16.1 Å². The summed E-state index contributed by atoms with van der Waals surface area (Å²) >= 11 is 6.14. The molecular weight excluding hydrogens is 374 g/mol. The Bertz CT molecular complexity index is 1010. The summed E-state index contributed by atoms with van der Waals surface area (Å²) in [4.78, 5) is 29.2. The molecule has 1 aromatic carbocycles. The molecule has 6 heteroatoms. The van der Waals surface area contributed by atoms with E-state index in [9.17, 15) is 9.59 Å². The fraction of sp³-hybridized carbons (Fsp3) is 0.0455. The third-order valence-corrected chi connectivity index (χ3v) is 4.56. The van der Waals surface area contributed by atoms with E-state index in [-0.39, 0.29) is 21.9 Å². The summed E-state index contributed by atoms with van der Waals surface area (Å²) in [5, 5.41) is 6.01. The minimum atomic E-state index is -0.454. The zero-order valence-electron chi connectivity index (χ0n) is 15.0. The number of carbonyl (C=O) groups is 2. The van der Waals surface area contributed by atoms with Gasteiger partial charge in [0.25, 0.3) is 0 Å². The maximum absolute atomic E-state index is 12.7. The monoisotopic (exact) mass is 391 g/mol. The molecule has 3 rings (SSSR count). The van der Waals surface area contributed by atoms with Crippen LogP contribution < -0.4 is 10.6 Å². The number of pyridine rings is 1. The number of aromatic nitrogens is 1. The molecular formula is C22H18ClN3O2. The Morgan fingerprint density at radius 1 is 0.964 bits per heavy atom. The van der Waals surface area contributed by atoms with Crippen LogP contribution in [0.2, 0.25) is 0 Å². The lowest BCUT2D eigenvalue weighted by atomic mass is 9.92. The molecule has 28 heavy (non-hydrogen) atoms. The van der Waals surface area contributed by atoms with Gasteiger partial charge >= 0.3 is 0 Å². The molecule has 1 aromatic heterocycles. The van der Waals surface area contributed by atoms with Crippen molar-refractivity contribution in [2.45, 2.75) is 6.54 Å². The summed E-state index contributed by atoms with van der Waals surface area (Å²) in [6.45, 7) is 7.78. The first-order valence-corrected chi connectivity index (χ1v) is 8.92. The number of carbonyl (C=O) groups excluding carboxylic acids is 2. The van der Waals surface area contributed by atoms with Crippen LogP contribution in [0.5, 0.6) is 0 Å². The third kappa shape index (κ3) is 3.94. The summed E-state index contributed by atoms with van der Waals surface area (Å²) in [7, 11) is 0. The topological polar surface area (TPSA) is 71.1 Å². The van der Waals surface area contributed by atoms with E-state index in [1.54, 1.807) is 6.20 Å². The van der Waals surface area contributed by atoms with Gasteiger partial charge in [-0.25, -0.2) is 4.98 Å². The van der Waals surface area contributed by atoms with Crippen LogP contribution in [0.4, 0.5) is 11.5 Å². The van der Waals surface area contributed by atoms with E-state index in [1.807, 2.05) is 42.5 Å². The van der Waals surface area contributed by atoms with E-state index < -0.39 is 11.6 Å². The minimum Gasteiger partial charge on any atom is -0.366 e. The van der Waals surface area contributed by atoms with Gasteiger partial charge in [0.15, 0.2) is 0 Å². The Morgan fingerprint density at radius 3 is 2.25 bits per heavy atom. The highest BCUT2D eigenvalue weighted by Gasteiger charge is 2.31. The molecule has 2 N–H and O–H groups in total. The quantitative estimate of drug-likeness (QED) is 0.685. The molecule has 2 aromatic rings. The van der Waals surface area contributed by atoms with Crippen molar-refractivity contribution in [3.05, 3.63) is 101 Å². The molecule has 0 atom stereocenters. The average molecular weight is 392 g/mol. The number of hydrogen-bond donors (Lipinski definition) is 2. The molecule has 5 nitrogen and oxygen atoms in total. The molecule has 0 fully saturated rings. The van der Waals surface area contributed by atoms with Crippen molar-refractivity contribution in [2.75, 3.05) is 10.6 Å². The predicted octanol–water partition coefficient (Wildman–Crippen LogP) is 4.38. The Labute approximate surface area is 168 Å². The molecule has 0 saturated heterocycles. The van der Waals surface area contributed by atoms with Gasteiger partial charge in [-0.05, 0) is 29.8 Å². The van der Waals surface area contributed by atoms with Gasteiger partial charge in [-0.2, -0.15) is 0 Å². The molecule has 1 aliphatic carbocycles. The first kappa shape index (κ1) is 19.3. The van der Waals surface area contributed by atoms with Crippen molar-refractivity contribution < 1.29 is 9.59 Å². The Kier molecular flexibility index (Phi) is 5.87. The number of allylic oxidation sites excluding steroid dienone is 5. The lowest BCUT2D eigenvalue weighted by molar-refractivity contribution is -0.115. The average Bonchev–Trinajstić information content (AvgIpc) is 2.73. The second-order valence-electron chi connectivity index (χ2n) is 5.97. The van der Waals surface area contributed by atoms with E-state index in [0.717, 1.165) is 11.4 Å². The second kappa shape index (κ2) is 8.50. The maximum Gasteiger partial charge on any atom is 0.211 e. The molecule has 0 bridgehead atoms. The minimum absolute atomic E-state index is 0.0338. The smallest absolute Gasteiger partial charge is 0.211 e. The van der Waals surface area contributed by atoms with Gasteiger partial charge in [0, 0.05) is 29.6 Å². The van der Waals surface area contributed by atoms with Gasteiger partial charge < -0.3 is 10.6 Å². The summed E-state index contributed by atoms with van der Waals surface area (Å²) < 4.78 is 0. The molecule has 1 aliphatic rings. The van der Waals surface area contributed by atoms with Crippen LogP contribution in [0.3, 0.4) is 0 Å². The molecule has 0 saturated carbocycles. The SMILES string of the molecule is C=CC1=C(C=C)C(=O)C(Nc2ccc(CNc3ccccn3)cc2)=C(Cl)C1=O. The highest BCUT2D eigenvalue weighted by molar-refractivity contribution is 6.50. The van der Waals surface area contributed by atoms with Gasteiger partial charge in [0.2, 0.25) is 11.6 Å². The zero-order chi connectivity index (χ0) is 20.1. The van der Waals surface area contributed by atoms with Gasteiger partial charge in [0.1, 0.15) is 16.5 Å². The molecule has 0 radical (unpaired) electrons. The highest BCUT2D eigenvalue weighted by atomic mass is 35.5. The number of halogens is 1. The van der Waals surface area contributed by atoms with Crippen LogP contribution in [0.1, 0.15) is 5.56 Å². The number of nitrogens with zero attached hydrogens (tertiary/aromatic N) is 1. The number of Topliss-reactive ketones (excluding diaryl/α,β-unsaturated/α-hetero) is 2. The second-order valence-corrected chi connectivity index (χ2v) is 6.35. The van der Waals surface area contributed by atoms with Gasteiger partial charge in [-0.1, -0.05) is 55.1 Å². The van der Waals surface area contributed by atoms with Crippen LogP contribution in [0.15, 0.2) is 95.8 Å². The van der Waals surface area contributed by atoms with Crippen molar-refractivity contribution >= 4 is 34.7 Å². The summed E-state index contributed by atoms with van der Waals surface area (Å²) in [6, 6.07) is 13.1. The first-order valence-electron chi connectivity index (χ1n) is 8.54. The number of benzene rings is 1. The lowest BCUT2D eigenvalue weighted by Gasteiger charge is -2.19. The van der Waals surface area contributed by atoms with Crippen molar-refractivity contribution in [1.29, 1.82) is 0 Å². The fourth-order valence-corrected chi connectivity index (χ4v) is 2.97. The Morgan fingerprint density at radius 2 is 1.64 bits per heavy atom. The standard InChI is InChI=1S/C22H18ClN3O2/c1-3-16-17(4-2)22(28)20(19(23)21(16)27)26-15-10-8-14(9-11-15)13-25-18-7-5-6-12-24-18/h3-12,26H,1-2,13H2,(H,24,25). The maximum atomic E-state index is 12.7. The molecule has 140 valence electrons. The number of nitrogens with one attached hydrogen (secondary N) is 2. The van der Waals surface area contributed by atoms with E-state index in [1.165, 1.54) is 12.2 Å². The van der Waals surface area contributed by atoms with Gasteiger partial charge in [-0.3, -0.25) is 9.59 Å². The lowest BCUT2D eigenvalue weighted by Crippen LogP contribution is -2.24. The molecule has 0 unspecified atom stereocenters.